The van der Waals surface area contributed by atoms with Gasteiger partial charge in [-0.25, -0.2) is 4.79 Å². The van der Waals surface area contributed by atoms with Crippen LogP contribution >= 0.6 is 0 Å². The summed E-state index contributed by atoms with van der Waals surface area (Å²) in [6.07, 6.45) is 3.59. The van der Waals surface area contributed by atoms with Crippen LogP contribution in [-0.4, -0.2) is 47.9 Å². The van der Waals surface area contributed by atoms with Crippen LogP contribution in [0.5, 0.6) is 11.5 Å². The summed E-state index contributed by atoms with van der Waals surface area (Å²) in [5.74, 6) is 1.53. The van der Waals surface area contributed by atoms with Crippen molar-refractivity contribution >= 4 is 11.7 Å². The molecule has 1 saturated heterocycles. The molecule has 3 aromatic rings. The van der Waals surface area contributed by atoms with E-state index in [1.165, 1.54) is 0 Å². The lowest BCUT2D eigenvalue weighted by Crippen LogP contribution is -2.31. The van der Waals surface area contributed by atoms with E-state index in [1.54, 1.807) is 18.2 Å². The summed E-state index contributed by atoms with van der Waals surface area (Å²) in [7, 11) is 1.64. The zero-order valence-corrected chi connectivity index (χ0v) is 16.6. The van der Waals surface area contributed by atoms with Crippen LogP contribution in [0.3, 0.4) is 0 Å². The summed E-state index contributed by atoms with van der Waals surface area (Å²) in [5.41, 5.74) is 3.78. The second-order valence-corrected chi connectivity index (χ2v) is 6.81. The molecule has 0 atom stereocenters. The van der Waals surface area contributed by atoms with Gasteiger partial charge in [0.15, 0.2) is 0 Å². The second-order valence-electron chi connectivity index (χ2n) is 6.81. The minimum absolute atomic E-state index is 0.00803. The number of anilines is 1. The third kappa shape index (κ3) is 3.89. The lowest BCUT2D eigenvalue weighted by Gasteiger charge is -2.20. The van der Waals surface area contributed by atoms with Crippen molar-refractivity contribution in [2.75, 3.05) is 31.7 Å². The molecular weight excluding hydrogens is 368 g/mol. The molecule has 7 heteroatoms. The van der Waals surface area contributed by atoms with Crippen LogP contribution in [0, 0.1) is 0 Å². The minimum atomic E-state index is -0.00803. The Labute approximate surface area is 169 Å². The number of nitrogens with zero attached hydrogens (tertiary/aromatic N) is 3. The van der Waals surface area contributed by atoms with Crippen molar-refractivity contribution in [3.05, 3.63) is 60.4 Å². The number of methoxy groups -OCH3 is 1. The van der Waals surface area contributed by atoms with Crippen molar-refractivity contribution in [3.8, 4) is 22.6 Å². The van der Waals surface area contributed by atoms with E-state index in [4.69, 9.17) is 9.47 Å². The molecule has 0 aliphatic carbocycles. The first-order chi connectivity index (χ1) is 14.2. The zero-order chi connectivity index (χ0) is 20.2. The van der Waals surface area contributed by atoms with Crippen molar-refractivity contribution in [1.82, 2.24) is 15.1 Å². The van der Waals surface area contributed by atoms with E-state index < -0.39 is 0 Å². The van der Waals surface area contributed by atoms with Crippen LogP contribution in [0.2, 0.25) is 0 Å². The molecule has 1 aliphatic rings. The first-order valence-electron chi connectivity index (χ1n) is 9.65. The van der Waals surface area contributed by atoms with E-state index in [0.717, 1.165) is 33.9 Å². The first kappa shape index (κ1) is 18.9. The van der Waals surface area contributed by atoms with E-state index in [-0.39, 0.29) is 6.03 Å². The van der Waals surface area contributed by atoms with Gasteiger partial charge >= 0.3 is 6.03 Å². The number of aromatic amines is 1. The van der Waals surface area contributed by atoms with Crippen LogP contribution in [0.15, 0.2) is 54.9 Å². The molecule has 0 radical (unpaired) electrons. The number of urea groups is 1. The largest absolute Gasteiger partial charge is 0.497 e. The molecule has 1 aliphatic heterocycles. The molecule has 0 spiro atoms. The quantitative estimate of drug-likeness (QED) is 0.661. The van der Waals surface area contributed by atoms with Gasteiger partial charge in [-0.2, -0.15) is 5.10 Å². The van der Waals surface area contributed by atoms with Crippen molar-refractivity contribution in [3.63, 3.8) is 0 Å². The van der Waals surface area contributed by atoms with Crippen LogP contribution in [-0.2, 0) is 6.54 Å². The molecule has 2 aromatic carbocycles. The highest BCUT2D eigenvalue weighted by Gasteiger charge is 2.30. The van der Waals surface area contributed by atoms with E-state index in [2.05, 4.69) is 10.2 Å². The number of aromatic nitrogens is 2. The number of H-pyrrole nitrogens is 1. The molecule has 7 nitrogen and oxygen atoms in total. The van der Waals surface area contributed by atoms with Crippen LogP contribution in [0.1, 0.15) is 12.5 Å². The Morgan fingerprint density at radius 2 is 2.07 bits per heavy atom. The highest BCUT2D eigenvalue weighted by Crippen LogP contribution is 2.34. The lowest BCUT2D eigenvalue weighted by molar-refractivity contribution is 0.218. The van der Waals surface area contributed by atoms with Gasteiger partial charge < -0.3 is 14.4 Å². The fourth-order valence-corrected chi connectivity index (χ4v) is 3.55. The first-order valence-corrected chi connectivity index (χ1v) is 9.65. The molecule has 0 unspecified atom stereocenters. The smallest absolute Gasteiger partial charge is 0.324 e. The number of amides is 2. The van der Waals surface area contributed by atoms with Gasteiger partial charge in [-0.15, -0.1) is 0 Å². The summed E-state index contributed by atoms with van der Waals surface area (Å²) in [6.45, 7) is 4.35. The Hall–Kier alpha value is -3.48. The van der Waals surface area contributed by atoms with Gasteiger partial charge in [-0.05, 0) is 36.8 Å². The number of rotatable bonds is 7. The van der Waals surface area contributed by atoms with Crippen molar-refractivity contribution in [1.29, 1.82) is 0 Å². The van der Waals surface area contributed by atoms with Crippen molar-refractivity contribution in [2.45, 2.75) is 13.5 Å². The second kappa shape index (κ2) is 8.26. The molecule has 2 heterocycles. The van der Waals surface area contributed by atoms with Gasteiger partial charge in [-0.1, -0.05) is 12.1 Å². The van der Waals surface area contributed by atoms with E-state index in [1.807, 2.05) is 60.5 Å². The third-order valence-corrected chi connectivity index (χ3v) is 4.99. The summed E-state index contributed by atoms with van der Waals surface area (Å²) >= 11 is 0. The number of benzene rings is 2. The van der Waals surface area contributed by atoms with Crippen LogP contribution in [0.4, 0.5) is 10.5 Å². The van der Waals surface area contributed by atoms with Gasteiger partial charge in [0.05, 0.1) is 19.9 Å². The monoisotopic (exact) mass is 392 g/mol. The molecule has 150 valence electrons. The van der Waals surface area contributed by atoms with Crippen molar-refractivity contribution in [2.24, 2.45) is 0 Å². The maximum Gasteiger partial charge on any atom is 0.324 e. The maximum atomic E-state index is 13.0. The summed E-state index contributed by atoms with van der Waals surface area (Å²) in [6, 6.07) is 13.7. The normalized spacial score (nSPS) is 13.8. The molecule has 4 rings (SSSR count). The predicted octanol–water partition coefficient (Wildman–Crippen LogP) is 3.93. The molecule has 1 fully saturated rings. The summed E-state index contributed by atoms with van der Waals surface area (Å²) in [5, 5.41) is 6.84. The SMILES string of the molecule is CCOc1cc(N2CCN(Cc3cccc(OC)c3)C2=O)ccc1-c1cn[nH]c1. The average Bonchev–Trinajstić information content (AvgIpc) is 3.39. The van der Waals surface area contributed by atoms with E-state index in [9.17, 15) is 4.79 Å². The number of hydrogen-bond acceptors (Lipinski definition) is 4. The third-order valence-electron chi connectivity index (χ3n) is 4.99. The molecule has 1 aromatic heterocycles. The summed E-state index contributed by atoms with van der Waals surface area (Å²) < 4.78 is 11.1. The fraction of sp³-hybridized carbons (Fsp3) is 0.273. The molecule has 2 amide bonds. The highest BCUT2D eigenvalue weighted by molar-refractivity contribution is 5.95. The number of carbonyl (C=O) groups is 1. The standard InChI is InChI=1S/C22H24N4O3/c1-3-29-21-12-18(7-8-20(21)17-13-23-24-14-17)26-10-9-25(22(26)27)15-16-5-4-6-19(11-16)28-2/h4-8,11-14H,3,9-10,15H2,1-2H3,(H,23,24). The molecule has 1 N–H and O–H groups in total. The maximum absolute atomic E-state index is 13.0. The van der Waals surface area contributed by atoms with E-state index in [0.29, 0.717) is 26.2 Å². The van der Waals surface area contributed by atoms with Crippen LogP contribution < -0.4 is 14.4 Å². The van der Waals surface area contributed by atoms with Crippen molar-refractivity contribution < 1.29 is 14.3 Å². The topological polar surface area (TPSA) is 70.7 Å². The Morgan fingerprint density at radius 3 is 2.83 bits per heavy atom. The zero-order valence-electron chi connectivity index (χ0n) is 16.6. The Morgan fingerprint density at radius 1 is 1.17 bits per heavy atom. The van der Waals surface area contributed by atoms with Gasteiger partial charge in [0, 0.05) is 48.7 Å². The lowest BCUT2D eigenvalue weighted by atomic mass is 10.1. The molecule has 0 bridgehead atoms. The number of carbonyl (C=O) groups excluding carboxylic acids is 1. The predicted molar refractivity (Wildman–Crippen MR) is 111 cm³/mol. The van der Waals surface area contributed by atoms with Gasteiger partial charge in [0.25, 0.3) is 0 Å². The Balaban J connectivity index is 1.54. The molecular formula is C22H24N4O3. The fourth-order valence-electron chi connectivity index (χ4n) is 3.55. The van der Waals surface area contributed by atoms with Gasteiger partial charge in [0.1, 0.15) is 11.5 Å². The number of nitrogens with one attached hydrogen (secondary N) is 1. The average molecular weight is 392 g/mol. The minimum Gasteiger partial charge on any atom is -0.497 e. The Bertz CT molecular complexity index is 987. The highest BCUT2D eigenvalue weighted by atomic mass is 16.5. The molecule has 29 heavy (non-hydrogen) atoms. The summed E-state index contributed by atoms with van der Waals surface area (Å²) in [4.78, 5) is 16.7. The van der Waals surface area contributed by atoms with E-state index >= 15 is 0 Å². The van der Waals surface area contributed by atoms with Crippen LogP contribution in [0.25, 0.3) is 11.1 Å². The number of ether oxygens (including phenoxy) is 2. The Kier molecular flexibility index (Phi) is 5.37. The molecule has 0 saturated carbocycles. The van der Waals surface area contributed by atoms with Gasteiger partial charge in [-0.3, -0.25) is 10.00 Å². The number of hydrogen-bond donors (Lipinski definition) is 1. The van der Waals surface area contributed by atoms with Gasteiger partial charge in [0.2, 0.25) is 0 Å².